The zero-order valence-electron chi connectivity index (χ0n) is 10.3. The molecule has 1 atom stereocenters. The molecule has 0 aliphatic heterocycles. The minimum Gasteiger partial charge on any atom is -0.390 e. The molecule has 1 aromatic heterocycles. The number of rotatable bonds is 4. The maximum Gasteiger partial charge on any atom is 0.0860 e. The molecule has 1 aromatic rings. The average Bonchev–Trinajstić information content (AvgIpc) is 2.46. The van der Waals surface area contributed by atoms with Crippen molar-refractivity contribution in [1.82, 2.24) is 15.1 Å². The van der Waals surface area contributed by atoms with E-state index in [0.29, 0.717) is 18.1 Å². The number of hydrogen-bond acceptors (Lipinski definition) is 3. The van der Waals surface area contributed by atoms with Gasteiger partial charge in [0.25, 0.3) is 0 Å². The number of aliphatic hydroxyl groups excluding tert-OH is 1. The van der Waals surface area contributed by atoms with Crippen molar-refractivity contribution in [2.24, 2.45) is 0 Å². The second-order valence-electron chi connectivity index (χ2n) is 5.04. The van der Waals surface area contributed by atoms with Gasteiger partial charge in [0, 0.05) is 12.1 Å². The molecule has 0 saturated carbocycles. The highest BCUT2D eigenvalue weighted by Crippen LogP contribution is 2.13. The van der Waals surface area contributed by atoms with Gasteiger partial charge in [-0.1, -0.05) is 11.6 Å². The number of β-amino-alcohol motifs (C(OH)–C–C–N with tert-alkyl or cyclic N) is 1. The monoisotopic (exact) mass is 245 g/mol. The zero-order valence-corrected chi connectivity index (χ0v) is 11.0. The molecule has 2 N–H and O–H groups in total. The van der Waals surface area contributed by atoms with Crippen LogP contribution in [0, 0.1) is 6.92 Å². The van der Waals surface area contributed by atoms with Crippen LogP contribution >= 0.6 is 11.6 Å². The highest BCUT2D eigenvalue weighted by molar-refractivity contribution is 6.31. The number of nitrogens with zero attached hydrogens (tertiary/aromatic N) is 2. The third kappa shape index (κ3) is 4.12. The van der Waals surface area contributed by atoms with Gasteiger partial charge in [-0.15, -0.1) is 0 Å². The lowest BCUT2D eigenvalue weighted by Crippen LogP contribution is -2.42. The molecular formula is C11H20ClN3O. The molecule has 1 heterocycles. The van der Waals surface area contributed by atoms with Crippen LogP contribution in [0.15, 0.2) is 6.20 Å². The van der Waals surface area contributed by atoms with Crippen LogP contribution in [0.5, 0.6) is 0 Å². The van der Waals surface area contributed by atoms with Crippen LogP contribution in [0.3, 0.4) is 0 Å². The van der Waals surface area contributed by atoms with Crippen molar-refractivity contribution in [1.29, 1.82) is 0 Å². The number of hydrogen-bond donors (Lipinski definition) is 2. The molecule has 0 amide bonds. The van der Waals surface area contributed by atoms with Crippen molar-refractivity contribution in [3.8, 4) is 0 Å². The van der Waals surface area contributed by atoms with Gasteiger partial charge in [0.15, 0.2) is 0 Å². The number of halogens is 1. The minimum absolute atomic E-state index is 0.0117. The fourth-order valence-corrected chi connectivity index (χ4v) is 1.44. The highest BCUT2D eigenvalue weighted by Gasteiger charge is 2.14. The Labute approximate surface area is 102 Å². The van der Waals surface area contributed by atoms with Crippen LogP contribution < -0.4 is 5.32 Å². The molecule has 4 nitrogen and oxygen atoms in total. The first-order valence-electron chi connectivity index (χ1n) is 5.40. The number of aromatic nitrogens is 2. The van der Waals surface area contributed by atoms with E-state index in [1.54, 1.807) is 10.9 Å². The molecule has 5 heteroatoms. The fourth-order valence-electron chi connectivity index (χ4n) is 1.30. The van der Waals surface area contributed by atoms with Gasteiger partial charge in [0.05, 0.1) is 29.6 Å². The Bertz CT molecular complexity index is 343. The predicted octanol–water partition coefficient (Wildman–Crippen LogP) is 1.59. The molecule has 0 aromatic carbocycles. The van der Waals surface area contributed by atoms with Crippen molar-refractivity contribution in [2.75, 3.05) is 6.54 Å². The van der Waals surface area contributed by atoms with Gasteiger partial charge < -0.3 is 10.4 Å². The predicted molar refractivity (Wildman–Crippen MR) is 65.7 cm³/mol. The van der Waals surface area contributed by atoms with Gasteiger partial charge in [-0.25, -0.2) is 0 Å². The van der Waals surface area contributed by atoms with E-state index in [9.17, 15) is 5.11 Å². The lowest BCUT2D eigenvalue weighted by atomic mass is 10.1. The summed E-state index contributed by atoms with van der Waals surface area (Å²) in [5, 5.41) is 17.8. The standard InChI is InChI=1S/C11H20ClN3O/c1-8-10(12)6-14-15(8)7-9(16)5-13-11(2,3)4/h6,9,13,16H,5,7H2,1-4H3. The van der Waals surface area contributed by atoms with Gasteiger partial charge in [-0.3, -0.25) is 4.68 Å². The molecule has 0 saturated heterocycles. The van der Waals surface area contributed by atoms with E-state index in [4.69, 9.17) is 11.6 Å². The second-order valence-corrected chi connectivity index (χ2v) is 5.45. The summed E-state index contributed by atoms with van der Waals surface area (Å²) >= 11 is 5.88. The lowest BCUT2D eigenvalue weighted by Gasteiger charge is -2.23. The van der Waals surface area contributed by atoms with Crippen LogP contribution in [-0.2, 0) is 6.54 Å². The quantitative estimate of drug-likeness (QED) is 0.847. The lowest BCUT2D eigenvalue weighted by molar-refractivity contribution is 0.137. The molecule has 0 radical (unpaired) electrons. The fraction of sp³-hybridized carbons (Fsp3) is 0.727. The first-order valence-corrected chi connectivity index (χ1v) is 5.78. The molecular weight excluding hydrogens is 226 g/mol. The van der Waals surface area contributed by atoms with E-state index in [-0.39, 0.29) is 5.54 Å². The van der Waals surface area contributed by atoms with Crippen molar-refractivity contribution in [3.05, 3.63) is 16.9 Å². The summed E-state index contributed by atoms with van der Waals surface area (Å²) in [6, 6.07) is 0. The third-order valence-corrected chi connectivity index (χ3v) is 2.67. The molecule has 0 aliphatic carbocycles. The van der Waals surface area contributed by atoms with E-state index >= 15 is 0 Å². The summed E-state index contributed by atoms with van der Waals surface area (Å²) < 4.78 is 1.72. The van der Waals surface area contributed by atoms with Crippen molar-refractivity contribution in [2.45, 2.75) is 45.9 Å². The molecule has 0 fully saturated rings. The second kappa shape index (κ2) is 5.17. The first kappa shape index (κ1) is 13.5. The average molecular weight is 246 g/mol. The Kier molecular flexibility index (Phi) is 4.35. The normalized spacial score (nSPS) is 14.1. The zero-order chi connectivity index (χ0) is 12.3. The largest absolute Gasteiger partial charge is 0.390 e. The Balaban J connectivity index is 2.46. The van der Waals surface area contributed by atoms with Crippen molar-refractivity contribution >= 4 is 11.6 Å². The van der Waals surface area contributed by atoms with Crippen LogP contribution in [0.2, 0.25) is 5.02 Å². The summed E-state index contributed by atoms with van der Waals surface area (Å²) in [4.78, 5) is 0. The Morgan fingerprint density at radius 1 is 1.56 bits per heavy atom. The topological polar surface area (TPSA) is 50.1 Å². The van der Waals surface area contributed by atoms with E-state index in [1.807, 2.05) is 6.92 Å². The van der Waals surface area contributed by atoms with Crippen molar-refractivity contribution in [3.63, 3.8) is 0 Å². The van der Waals surface area contributed by atoms with Crippen LogP contribution in [0.25, 0.3) is 0 Å². The molecule has 0 spiro atoms. The van der Waals surface area contributed by atoms with Crippen LogP contribution in [0.1, 0.15) is 26.5 Å². The smallest absolute Gasteiger partial charge is 0.0860 e. The summed E-state index contributed by atoms with van der Waals surface area (Å²) in [6.45, 7) is 9.09. The summed E-state index contributed by atoms with van der Waals surface area (Å²) in [5.74, 6) is 0. The summed E-state index contributed by atoms with van der Waals surface area (Å²) in [5.41, 5.74) is 0.897. The summed E-state index contributed by atoms with van der Waals surface area (Å²) in [7, 11) is 0. The van der Waals surface area contributed by atoms with Crippen molar-refractivity contribution < 1.29 is 5.11 Å². The first-order chi connectivity index (χ1) is 7.29. The van der Waals surface area contributed by atoms with Crippen LogP contribution in [0.4, 0.5) is 0 Å². The van der Waals surface area contributed by atoms with E-state index < -0.39 is 6.10 Å². The van der Waals surface area contributed by atoms with E-state index in [1.165, 1.54) is 0 Å². The number of nitrogens with one attached hydrogen (secondary N) is 1. The molecule has 0 aliphatic rings. The SMILES string of the molecule is Cc1c(Cl)cnn1CC(O)CNC(C)(C)C. The maximum atomic E-state index is 9.83. The van der Waals surface area contributed by atoms with Gasteiger partial charge in [0.2, 0.25) is 0 Å². The van der Waals surface area contributed by atoms with Gasteiger partial charge >= 0.3 is 0 Å². The Morgan fingerprint density at radius 3 is 2.62 bits per heavy atom. The number of aliphatic hydroxyl groups is 1. The molecule has 0 bridgehead atoms. The van der Waals surface area contributed by atoms with Crippen LogP contribution in [-0.4, -0.2) is 33.1 Å². The van der Waals surface area contributed by atoms with Gasteiger partial charge in [-0.2, -0.15) is 5.10 Å². The van der Waals surface area contributed by atoms with Gasteiger partial charge in [-0.05, 0) is 27.7 Å². The Morgan fingerprint density at radius 2 is 2.19 bits per heavy atom. The van der Waals surface area contributed by atoms with E-state index in [2.05, 4.69) is 31.2 Å². The Hall–Kier alpha value is -0.580. The summed E-state index contributed by atoms with van der Waals surface area (Å²) in [6.07, 6.45) is 1.13. The molecule has 1 unspecified atom stereocenters. The maximum absolute atomic E-state index is 9.83. The highest BCUT2D eigenvalue weighted by atomic mass is 35.5. The van der Waals surface area contributed by atoms with Gasteiger partial charge in [0.1, 0.15) is 0 Å². The molecule has 92 valence electrons. The third-order valence-electron chi connectivity index (χ3n) is 2.29. The molecule has 16 heavy (non-hydrogen) atoms. The van der Waals surface area contributed by atoms with E-state index in [0.717, 1.165) is 5.69 Å². The molecule has 1 rings (SSSR count). The minimum atomic E-state index is -0.464.